The van der Waals surface area contributed by atoms with Crippen molar-refractivity contribution < 1.29 is 14.3 Å². The Morgan fingerprint density at radius 2 is 2.06 bits per heavy atom. The molecule has 2 aromatic carbocycles. The highest BCUT2D eigenvalue weighted by atomic mass is 35.5. The minimum absolute atomic E-state index is 0.0827. The number of nitrogens with two attached hydrogens (primary N) is 1. The maximum Gasteiger partial charge on any atom is 0.413 e. The number of nitrogens with one attached hydrogen (secondary N) is 1. The molecule has 1 heterocycles. The summed E-state index contributed by atoms with van der Waals surface area (Å²) in [6, 6.07) is 12.5. The molecule has 0 fully saturated rings. The van der Waals surface area contributed by atoms with Crippen LogP contribution in [0.3, 0.4) is 0 Å². The van der Waals surface area contributed by atoms with E-state index in [0.29, 0.717) is 41.1 Å². The van der Waals surface area contributed by atoms with Gasteiger partial charge in [-0.25, -0.2) is 9.48 Å². The fraction of sp³-hybridized carbons (Fsp3) is 0.261. The van der Waals surface area contributed by atoms with E-state index in [0.717, 1.165) is 16.7 Å². The van der Waals surface area contributed by atoms with Crippen LogP contribution in [0.2, 0.25) is 5.02 Å². The second kappa shape index (κ2) is 10.7. The molecule has 0 radical (unpaired) electrons. The molecule has 0 atom stereocenters. The number of halogens is 1. The van der Waals surface area contributed by atoms with Crippen molar-refractivity contribution in [2.24, 2.45) is 4.99 Å². The molecule has 0 aliphatic rings. The van der Waals surface area contributed by atoms with Gasteiger partial charge in [0, 0.05) is 47.2 Å². The molecule has 0 spiro atoms. The molecule has 0 unspecified atom stereocenters. The number of aromatic nitrogens is 2. The number of amides is 1. The number of rotatable bonds is 8. The van der Waals surface area contributed by atoms with E-state index < -0.39 is 6.09 Å². The van der Waals surface area contributed by atoms with Gasteiger partial charge in [0.05, 0.1) is 12.8 Å². The molecule has 0 saturated heterocycles. The Hall–Kier alpha value is -3.52. The lowest BCUT2D eigenvalue weighted by molar-refractivity contribution is 0.155. The number of benzene rings is 2. The van der Waals surface area contributed by atoms with Crippen LogP contribution < -0.4 is 15.8 Å². The fourth-order valence-corrected chi connectivity index (χ4v) is 3.24. The standard InChI is InChI=1S/C23H26ClN5O3/c1-4-26-13-16-7-6-15(10-19(16)25)14-32-23(30)27-22-12-20(28-29(22)5-2)18-9-8-17(24)11-21(18)31-3/h6-13H,4-5,14,25H2,1-3H3,(H,27,30). The minimum atomic E-state index is -0.593. The molecule has 1 amide bonds. The van der Waals surface area contributed by atoms with Crippen molar-refractivity contribution in [1.29, 1.82) is 0 Å². The first kappa shape index (κ1) is 23.1. The molecule has 8 nitrogen and oxygen atoms in total. The van der Waals surface area contributed by atoms with Gasteiger partial charge in [-0.2, -0.15) is 5.10 Å². The molecular weight excluding hydrogens is 430 g/mol. The Balaban J connectivity index is 1.69. The number of aliphatic imine (C=N–C) groups is 1. The van der Waals surface area contributed by atoms with Crippen LogP contribution in [0, 0.1) is 0 Å². The van der Waals surface area contributed by atoms with E-state index in [1.807, 2.05) is 32.0 Å². The molecular formula is C23H26ClN5O3. The van der Waals surface area contributed by atoms with E-state index in [-0.39, 0.29) is 6.61 Å². The number of methoxy groups -OCH3 is 1. The predicted octanol–water partition coefficient (Wildman–Crippen LogP) is 5.00. The normalized spacial score (nSPS) is 11.0. The summed E-state index contributed by atoms with van der Waals surface area (Å²) in [5, 5.41) is 7.86. The third-order valence-electron chi connectivity index (χ3n) is 4.68. The van der Waals surface area contributed by atoms with Crippen molar-refractivity contribution in [2.45, 2.75) is 27.0 Å². The Kier molecular flexibility index (Phi) is 7.72. The first-order valence-corrected chi connectivity index (χ1v) is 10.6. The number of hydrogen-bond acceptors (Lipinski definition) is 6. The van der Waals surface area contributed by atoms with Crippen molar-refractivity contribution in [1.82, 2.24) is 9.78 Å². The zero-order valence-corrected chi connectivity index (χ0v) is 19.0. The van der Waals surface area contributed by atoms with Gasteiger partial charge in [0.2, 0.25) is 0 Å². The van der Waals surface area contributed by atoms with Gasteiger partial charge < -0.3 is 15.2 Å². The van der Waals surface area contributed by atoms with Crippen molar-refractivity contribution in [3.63, 3.8) is 0 Å². The first-order chi connectivity index (χ1) is 15.4. The van der Waals surface area contributed by atoms with E-state index in [4.69, 9.17) is 26.8 Å². The van der Waals surface area contributed by atoms with Crippen molar-refractivity contribution in [2.75, 3.05) is 24.7 Å². The van der Waals surface area contributed by atoms with Crippen molar-refractivity contribution in [3.05, 3.63) is 58.6 Å². The number of hydrogen-bond donors (Lipinski definition) is 2. The van der Waals surface area contributed by atoms with Crippen LogP contribution in [-0.2, 0) is 17.9 Å². The third kappa shape index (κ3) is 5.59. The second-order valence-electron chi connectivity index (χ2n) is 6.87. The summed E-state index contributed by atoms with van der Waals surface area (Å²) in [5.41, 5.74) is 9.64. The maximum absolute atomic E-state index is 12.4. The second-order valence-corrected chi connectivity index (χ2v) is 7.30. The summed E-state index contributed by atoms with van der Waals surface area (Å²) in [6.07, 6.45) is 1.13. The van der Waals surface area contributed by atoms with Crippen LogP contribution in [0.15, 0.2) is 47.5 Å². The van der Waals surface area contributed by atoms with Crippen LogP contribution in [0.4, 0.5) is 16.3 Å². The van der Waals surface area contributed by atoms with Crippen LogP contribution in [0.25, 0.3) is 11.3 Å². The van der Waals surface area contributed by atoms with Crippen molar-refractivity contribution in [3.8, 4) is 17.0 Å². The molecule has 0 bridgehead atoms. The summed E-state index contributed by atoms with van der Waals surface area (Å²) in [5.74, 6) is 1.10. The SMILES string of the molecule is CCN=Cc1ccc(COC(=O)Nc2cc(-c3ccc(Cl)cc3OC)nn2CC)cc1N. The first-order valence-electron chi connectivity index (χ1n) is 10.2. The highest BCUT2D eigenvalue weighted by Crippen LogP contribution is 2.33. The average Bonchev–Trinajstić information content (AvgIpc) is 3.19. The number of nitrogens with zero attached hydrogens (tertiary/aromatic N) is 3. The minimum Gasteiger partial charge on any atom is -0.496 e. The molecule has 3 aromatic rings. The molecule has 9 heteroatoms. The molecule has 32 heavy (non-hydrogen) atoms. The number of carbonyl (C=O) groups excluding carboxylic acids is 1. The van der Waals surface area contributed by atoms with Gasteiger partial charge in [0.25, 0.3) is 0 Å². The molecule has 3 N–H and O–H groups in total. The highest BCUT2D eigenvalue weighted by Gasteiger charge is 2.15. The van der Waals surface area contributed by atoms with Crippen LogP contribution in [0.1, 0.15) is 25.0 Å². The lowest BCUT2D eigenvalue weighted by atomic mass is 10.1. The lowest BCUT2D eigenvalue weighted by Crippen LogP contribution is -2.16. The summed E-state index contributed by atoms with van der Waals surface area (Å²) in [7, 11) is 1.57. The number of ether oxygens (including phenoxy) is 2. The van der Waals surface area contributed by atoms with E-state index in [9.17, 15) is 4.79 Å². The van der Waals surface area contributed by atoms with E-state index >= 15 is 0 Å². The van der Waals surface area contributed by atoms with Gasteiger partial charge in [-0.05, 0) is 43.7 Å². The molecule has 0 saturated carbocycles. The molecule has 3 rings (SSSR count). The number of nitrogen functional groups attached to an aromatic ring is 1. The van der Waals surface area contributed by atoms with Gasteiger partial charge >= 0.3 is 6.09 Å². The Morgan fingerprint density at radius 3 is 2.75 bits per heavy atom. The summed E-state index contributed by atoms with van der Waals surface area (Å²) < 4.78 is 12.4. The fourth-order valence-electron chi connectivity index (χ4n) is 3.08. The topological polar surface area (TPSA) is 104 Å². The smallest absolute Gasteiger partial charge is 0.413 e. The van der Waals surface area contributed by atoms with Crippen molar-refractivity contribution >= 4 is 35.4 Å². The van der Waals surface area contributed by atoms with Gasteiger partial charge in [-0.3, -0.25) is 10.3 Å². The van der Waals surface area contributed by atoms with Gasteiger partial charge in [0.1, 0.15) is 18.2 Å². The maximum atomic E-state index is 12.4. The predicted molar refractivity (Wildman–Crippen MR) is 128 cm³/mol. The Bertz CT molecular complexity index is 1130. The molecule has 168 valence electrons. The third-order valence-corrected chi connectivity index (χ3v) is 4.92. The Labute approximate surface area is 192 Å². The summed E-state index contributed by atoms with van der Waals surface area (Å²) in [6.45, 7) is 5.21. The molecule has 0 aliphatic heterocycles. The zero-order valence-electron chi connectivity index (χ0n) is 18.3. The van der Waals surface area contributed by atoms with Crippen LogP contribution in [0.5, 0.6) is 5.75 Å². The monoisotopic (exact) mass is 455 g/mol. The quantitative estimate of drug-likeness (QED) is 0.367. The molecule has 1 aromatic heterocycles. The summed E-state index contributed by atoms with van der Waals surface area (Å²) in [4.78, 5) is 16.6. The van der Waals surface area contributed by atoms with Gasteiger partial charge in [0.15, 0.2) is 0 Å². The largest absolute Gasteiger partial charge is 0.496 e. The van der Waals surface area contributed by atoms with E-state index in [1.54, 1.807) is 42.3 Å². The van der Waals surface area contributed by atoms with Gasteiger partial charge in [-0.15, -0.1) is 0 Å². The summed E-state index contributed by atoms with van der Waals surface area (Å²) >= 11 is 6.05. The zero-order chi connectivity index (χ0) is 23.1. The Morgan fingerprint density at radius 1 is 1.25 bits per heavy atom. The average molecular weight is 456 g/mol. The lowest BCUT2D eigenvalue weighted by Gasteiger charge is -2.09. The van der Waals surface area contributed by atoms with Crippen LogP contribution in [-0.4, -0.2) is 35.7 Å². The van der Waals surface area contributed by atoms with Crippen LogP contribution >= 0.6 is 11.6 Å². The number of anilines is 2. The number of aryl methyl sites for hydroxylation is 1. The number of carbonyl (C=O) groups is 1. The van der Waals surface area contributed by atoms with Gasteiger partial charge in [-0.1, -0.05) is 23.7 Å². The molecule has 0 aliphatic carbocycles. The van der Waals surface area contributed by atoms with E-state index in [2.05, 4.69) is 15.4 Å². The highest BCUT2D eigenvalue weighted by molar-refractivity contribution is 6.30. The van der Waals surface area contributed by atoms with E-state index in [1.165, 1.54) is 0 Å².